The van der Waals surface area contributed by atoms with E-state index in [1.807, 2.05) is 13.0 Å². The molecule has 1 N–H and O–H groups in total. The van der Waals surface area contributed by atoms with Crippen LogP contribution in [-0.4, -0.2) is 17.4 Å². The molecule has 1 aromatic heterocycles. The van der Waals surface area contributed by atoms with Gasteiger partial charge in [0.25, 0.3) is 11.6 Å². The molecule has 1 amide bonds. The molecular formula is C22H16BrN3O5. The third-order valence-corrected chi connectivity index (χ3v) is 4.77. The van der Waals surface area contributed by atoms with E-state index in [1.165, 1.54) is 18.2 Å². The molecule has 8 nitrogen and oxygen atoms in total. The fourth-order valence-electron chi connectivity index (χ4n) is 2.71. The lowest BCUT2D eigenvalue weighted by molar-refractivity contribution is -0.384. The fourth-order valence-corrected chi connectivity index (χ4v) is 3.27. The average molecular weight is 482 g/mol. The molecule has 31 heavy (non-hydrogen) atoms. The minimum absolute atomic E-state index is 0.0563. The van der Waals surface area contributed by atoms with Gasteiger partial charge in [0.15, 0.2) is 0 Å². The van der Waals surface area contributed by atoms with Crippen molar-refractivity contribution in [1.29, 1.82) is 5.26 Å². The highest BCUT2D eigenvalue weighted by atomic mass is 79.9. The van der Waals surface area contributed by atoms with Gasteiger partial charge in [-0.05, 0) is 53.2 Å². The summed E-state index contributed by atoms with van der Waals surface area (Å²) >= 11 is 3.30. The van der Waals surface area contributed by atoms with Crippen LogP contribution in [-0.2, 0) is 4.79 Å². The number of carbonyl (C=O) groups is 1. The molecule has 3 rings (SSSR count). The third kappa shape index (κ3) is 5.38. The van der Waals surface area contributed by atoms with Crippen LogP contribution in [0.25, 0.3) is 17.4 Å². The predicted molar refractivity (Wildman–Crippen MR) is 118 cm³/mol. The van der Waals surface area contributed by atoms with Gasteiger partial charge in [0.2, 0.25) is 0 Å². The molecule has 3 aromatic rings. The Kier molecular flexibility index (Phi) is 6.85. The maximum atomic E-state index is 12.5. The largest absolute Gasteiger partial charge is 0.494 e. The normalized spacial score (nSPS) is 10.9. The highest BCUT2D eigenvalue weighted by molar-refractivity contribution is 9.10. The van der Waals surface area contributed by atoms with E-state index in [-0.39, 0.29) is 17.0 Å². The second-order valence-corrected chi connectivity index (χ2v) is 7.06. The number of rotatable bonds is 7. The molecule has 0 spiro atoms. The van der Waals surface area contributed by atoms with Crippen LogP contribution in [0.1, 0.15) is 12.7 Å². The molecule has 0 radical (unpaired) electrons. The summed E-state index contributed by atoms with van der Waals surface area (Å²) in [6.07, 6.45) is 1.32. The molecule has 0 saturated carbocycles. The van der Waals surface area contributed by atoms with Crippen molar-refractivity contribution in [1.82, 2.24) is 0 Å². The van der Waals surface area contributed by atoms with E-state index in [4.69, 9.17) is 9.15 Å². The summed E-state index contributed by atoms with van der Waals surface area (Å²) in [4.78, 5) is 22.9. The van der Waals surface area contributed by atoms with Crippen molar-refractivity contribution in [2.75, 3.05) is 11.9 Å². The van der Waals surface area contributed by atoms with Gasteiger partial charge < -0.3 is 14.5 Å². The lowest BCUT2D eigenvalue weighted by atomic mass is 10.1. The second kappa shape index (κ2) is 9.73. The van der Waals surface area contributed by atoms with Gasteiger partial charge in [0, 0.05) is 40.0 Å². The summed E-state index contributed by atoms with van der Waals surface area (Å²) in [7, 11) is 0. The SMILES string of the molecule is CCOc1cccc(NC(=O)C(C#N)=Cc2ccc(-c3ccc([N+](=O)[O-])cc3Br)o2)c1. The van der Waals surface area contributed by atoms with Crippen molar-refractivity contribution in [3.8, 4) is 23.1 Å². The number of non-ortho nitro benzene ring substituents is 1. The maximum absolute atomic E-state index is 12.5. The van der Waals surface area contributed by atoms with Crippen LogP contribution in [0.4, 0.5) is 11.4 Å². The molecule has 0 aliphatic rings. The number of benzene rings is 2. The van der Waals surface area contributed by atoms with E-state index in [0.29, 0.717) is 33.8 Å². The van der Waals surface area contributed by atoms with E-state index >= 15 is 0 Å². The zero-order chi connectivity index (χ0) is 22.4. The Balaban J connectivity index is 1.80. The van der Waals surface area contributed by atoms with Gasteiger partial charge in [-0.15, -0.1) is 0 Å². The molecule has 1 heterocycles. The van der Waals surface area contributed by atoms with E-state index < -0.39 is 10.8 Å². The number of ether oxygens (including phenoxy) is 1. The lowest BCUT2D eigenvalue weighted by Crippen LogP contribution is -2.13. The quantitative estimate of drug-likeness (QED) is 0.204. The monoisotopic (exact) mass is 481 g/mol. The van der Waals surface area contributed by atoms with Crippen molar-refractivity contribution in [3.05, 3.63) is 80.5 Å². The zero-order valence-electron chi connectivity index (χ0n) is 16.3. The van der Waals surface area contributed by atoms with Crippen molar-refractivity contribution in [3.63, 3.8) is 0 Å². The van der Waals surface area contributed by atoms with E-state index in [0.717, 1.165) is 0 Å². The standard InChI is InChI=1S/C22H16BrN3O5/c1-2-30-17-5-3-4-15(11-17)25-22(27)14(13-24)10-18-7-9-21(31-18)19-8-6-16(26(28)29)12-20(19)23/h3-12H,2H2,1H3,(H,25,27). The number of hydrogen-bond donors (Lipinski definition) is 1. The Morgan fingerprint density at radius 1 is 1.29 bits per heavy atom. The first-order valence-electron chi connectivity index (χ1n) is 9.11. The number of nitrogens with one attached hydrogen (secondary N) is 1. The zero-order valence-corrected chi connectivity index (χ0v) is 17.9. The molecule has 2 aromatic carbocycles. The minimum Gasteiger partial charge on any atom is -0.494 e. The summed E-state index contributed by atoms with van der Waals surface area (Å²) < 4.78 is 11.6. The first-order chi connectivity index (χ1) is 14.9. The summed E-state index contributed by atoms with van der Waals surface area (Å²) in [5, 5.41) is 22.9. The van der Waals surface area contributed by atoms with Crippen molar-refractivity contribution in [2.24, 2.45) is 0 Å². The first-order valence-corrected chi connectivity index (χ1v) is 9.90. The molecule has 9 heteroatoms. The molecule has 156 valence electrons. The summed E-state index contributed by atoms with van der Waals surface area (Å²) in [5.74, 6) is 0.725. The van der Waals surface area contributed by atoms with Crippen molar-refractivity contribution in [2.45, 2.75) is 6.92 Å². The van der Waals surface area contributed by atoms with Crippen LogP contribution < -0.4 is 10.1 Å². The van der Waals surface area contributed by atoms with Crippen molar-refractivity contribution < 1.29 is 18.9 Å². The van der Waals surface area contributed by atoms with Crippen LogP contribution in [0.3, 0.4) is 0 Å². The summed E-state index contributed by atoms with van der Waals surface area (Å²) in [6.45, 7) is 2.35. The van der Waals surface area contributed by atoms with Crippen LogP contribution in [0.15, 0.2) is 69.1 Å². The number of furan rings is 1. The number of carbonyl (C=O) groups excluding carboxylic acids is 1. The van der Waals surface area contributed by atoms with E-state index in [1.54, 1.807) is 42.5 Å². The first kappa shape index (κ1) is 21.8. The van der Waals surface area contributed by atoms with Crippen LogP contribution in [0.5, 0.6) is 5.75 Å². The summed E-state index contributed by atoms with van der Waals surface area (Å²) in [6, 6.07) is 16.2. The Hall–Kier alpha value is -3.90. The van der Waals surface area contributed by atoms with Crippen LogP contribution in [0.2, 0.25) is 0 Å². The van der Waals surface area contributed by atoms with Crippen LogP contribution in [0, 0.1) is 21.4 Å². The highest BCUT2D eigenvalue weighted by Gasteiger charge is 2.15. The molecule has 0 aliphatic heterocycles. The second-order valence-electron chi connectivity index (χ2n) is 6.21. The van der Waals surface area contributed by atoms with Gasteiger partial charge >= 0.3 is 0 Å². The highest BCUT2D eigenvalue weighted by Crippen LogP contribution is 2.33. The molecule has 0 aliphatic carbocycles. The van der Waals surface area contributed by atoms with Gasteiger partial charge in [0.05, 0.1) is 11.5 Å². The molecule has 0 unspecified atom stereocenters. The Labute approximate surface area is 186 Å². The van der Waals surface area contributed by atoms with Gasteiger partial charge in [-0.25, -0.2) is 0 Å². The van der Waals surface area contributed by atoms with Crippen molar-refractivity contribution >= 4 is 39.3 Å². The van der Waals surface area contributed by atoms with E-state index in [2.05, 4.69) is 21.2 Å². The number of anilines is 1. The van der Waals surface area contributed by atoms with Crippen LogP contribution >= 0.6 is 15.9 Å². The lowest BCUT2D eigenvalue weighted by Gasteiger charge is -2.07. The number of nitro groups is 1. The van der Waals surface area contributed by atoms with E-state index in [9.17, 15) is 20.2 Å². The van der Waals surface area contributed by atoms with Gasteiger partial charge in [-0.3, -0.25) is 14.9 Å². The number of hydrogen-bond acceptors (Lipinski definition) is 6. The fraction of sp³-hybridized carbons (Fsp3) is 0.0909. The molecule has 0 saturated heterocycles. The number of nitrogens with zero attached hydrogens (tertiary/aromatic N) is 2. The maximum Gasteiger partial charge on any atom is 0.270 e. The Bertz CT molecular complexity index is 1210. The minimum atomic E-state index is -0.592. The Morgan fingerprint density at radius 3 is 2.77 bits per heavy atom. The van der Waals surface area contributed by atoms with Gasteiger partial charge in [-0.1, -0.05) is 6.07 Å². The molecular weight excluding hydrogens is 466 g/mol. The average Bonchev–Trinajstić information content (AvgIpc) is 3.20. The Morgan fingerprint density at radius 2 is 2.10 bits per heavy atom. The predicted octanol–water partition coefficient (Wildman–Crippen LogP) is 5.56. The van der Waals surface area contributed by atoms with Gasteiger partial charge in [-0.2, -0.15) is 5.26 Å². The molecule has 0 bridgehead atoms. The summed E-state index contributed by atoms with van der Waals surface area (Å²) in [5.41, 5.74) is 0.887. The number of amides is 1. The molecule has 0 fully saturated rings. The smallest absolute Gasteiger partial charge is 0.270 e. The molecule has 0 atom stereocenters. The third-order valence-electron chi connectivity index (χ3n) is 4.11. The number of nitro benzene ring substituents is 1. The number of halogens is 1. The van der Waals surface area contributed by atoms with Gasteiger partial charge in [0.1, 0.15) is 28.9 Å². The number of nitriles is 1. The topological polar surface area (TPSA) is 118 Å².